The molecule has 0 heterocycles. The Morgan fingerprint density at radius 3 is 1.59 bits per heavy atom. The van der Waals surface area contributed by atoms with Gasteiger partial charge in [-0.2, -0.15) is 0 Å². The topological polar surface area (TPSA) is 362 Å². The number of urea groups is 1. The number of amides is 7. The van der Waals surface area contributed by atoms with Gasteiger partial charge in [-0.1, -0.05) is 31.4 Å². The summed E-state index contributed by atoms with van der Waals surface area (Å²) in [5.74, 6) is -9.13. The Hall–Kier alpha value is -6.08. The van der Waals surface area contributed by atoms with Crippen LogP contribution in [0.3, 0.4) is 0 Å². The summed E-state index contributed by atoms with van der Waals surface area (Å²) < 4.78 is 6.26. The number of ketones is 1. The number of benzene rings is 1. The van der Waals surface area contributed by atoms with Gasteiger partial charge in [-0.05, 0) is 125 Å². The molecule has 0 bridgehead atoms. The van der Waals surface area contributed by atoms with Gasteiger partial charge < -0.3 is 62.4 Å². The first-order valence-corrected chi connectivity index (χ1v) is 23.9. The maximum atomic E-state index is 13.6. The fraction of sp³-hybridized carbons (Fsp3) is 0.622. The van der Waals surface area contributed by atoms with Crippen molar-refractivity contribution in [1.29, 1.82) is 0 Å². The summed E-state index contributed by atoms with van der Waals surface area (Å²) in [6.07, 6.45) is 2.50. The average Bonchev–Trinajstić information content (AvgIpc) is 3.25. The molecule has 11 N–H and O–H groups in total. The van der Waals surface area contributed by atoms with Crippen LogP contribution < -0.4 is 37.2 Å². The molecule has 386 valence electrons. The summed E-state index contributed by atoms with van der Waals surface area (Å²) in [5, 5.41) is 54.2. The van der Waals surface area contributed by atoms with E-state index in [1.165, 1.54) is 0 Å². The number of carboxylic acids is 4. The molecule has 0 radical (unpaired) electrons. The summed E-state index contributed by atoms with van der Waals surface area (Å²) in [4.78, 5) is 134. The van der Waals surface area contributed by atoms with Crippen LogP contribution in [-0.2, 0) is 54.3 Å². The summed E-state index contributed by atoms with van der Waals surface area (Å²) in [5.41, 5.74) is 0.133. The Kier molecular flexibility index (Phi) is 29.5. The minimum absolute atomic E-state index is 0.0331. The maximum Gasteiger partial charge on any atom is 0.407 e. The van der Waals surface area contributed by atoms with Gasteiger partial charge in [-0.15, -0.1) is 0 Å². The van der Waals surface area contributed by atoms with Crippen LogP contribution in [-0.4, -0.2) is 135 Å². The molecular formula is C45H68IN7O16. The van der Waals surface area contributed by atoms with Crippen molar-refractivity contribution < 1.29 is 77.9 Å². The second-order valence-electron chi connectivity index (χ2n) is 17.2. The van der Waals surface area contributed by atoms with Crippen molar-refractivity contribution >= 4 is 88.0 Å². The quantitative estimate of drug-likeness (QED) is 0.0264. The van der Waals surface area contributed by atoms with Crippen molar-refractivity contribution in [2.24, 2.45) is 0 Å². The molecular weight excluding hydrogens is 1020 g/mol. The van der Waals surface area contributed by atoms with Crippen molar-refractivity contribution in [3.63, 3.8) is 0 Å². The van der Waals surface area contributed by atoms with E-state index in [1.807, 2.05) is 29.6 Å². The monoisotopic (exact) mass is 1090 g/mol. The first kappa shape index (κ1) is 60.9. The van der Waals surface area contributed by atoms with Crippen LogP contribution in [0.25, 0.3) is 0 Å². The van der Waals surface area contributed by atoms with E-state index in [0.29, 0.717) is 57.8 Å². The van der Waals surface area contributed by atoms with Crippen LogP contribution in [0.4, 0.5) is 9.59 Å². The number of hydrogen-bond acceptors (Lipinski definition) is 12. The van der Waals surface area contributed by atoms with Gasteiger partial charge in [0, 0.05) is 42.5 Å². The highest BCUT2D eigenvalue weighted by atomic mass is 127. The minimum Gasteiger partial charge on any atom is -0.481 e. The first-order chi connectivity index (χ1) is 32.5. The van der Waals surface area contributed by atoms with E-state index in [-0.39, 0.29) is 64.1 Å². The van der Waals surface area contributed by atoms with E-state index >= 15 is 0 Å². The normalized spacial score (nSPS) is 12.7. The van der Waals surface area contributed by atoms with Crippen molar-refractivity contribution in [2.45, 2.75) is 160 Å². The minimum atomic E-state index is -1.74. The van der Waals surface area contributed by atoms with E-state index in [0.717, 1.165) is 9.13 Å². The number of ether oxygens (including phenoxy) is 1. The van der Waals surface area contributed by atoms with E-state index in [9.17, 15) is 68.1 Å². The maximum absolute atomic E-state index is 13.6. The number of nitrogens with one attached hydrogen (secondary N) is 7. The zero-order valence-corrected chi connectivity index (χ0v) is 41.5. The lowest BCUT2D eigenvalue weighted by atomic mass is 10.0. The molecule has 4 atom stereocenters. The van der Waals surface area contributed by atoms with Gasteiger partial charge in [0.1, 0.15) is 23.7 Å². The van der Waals surface area contributed by atoms with E-state index < -0.39 is 102 Å². The van der Waals surface area contributed by atoms with Crippen LogP contribution in [0.1, 0.15) is 129 Å². The molecule has 0 aliphatic heterocycles. The lowest BCUT2D eigenvalue weighted by molar-refractivity contribution is -0.150. The van der Waals surface area contributed by atoms with Crippen molar-refractivity contribution in [3.8, 4) is 0 Å². The third-order valence-corrected chi connectivity index (χ3v) is 10.7. The zero-order valence-electron chi connectivity index (χ0n) is 39.3. The number of carbonyl (C=O) groups is 11. The highest BCUT2D eigenvalue weighted by Gasteiger charge is 2.30. The molecule has 24 heteroatoms. The van der Waals surface area contributed by atoms with Crippen LogP contribution in [0.15, 0.2) is 24.3 Å². The molecule has 7 amide bonds. The van der Waals surface area contributed by atoms with Crippen LogP contribution in [0.2, 0.25) is 0 Å². The van der Waals surface area contributed by atoms with Crippen LogP contribution in [0.5, 0.6) is 0 Å². The number of hydrogen-bond donors (Lipinski definition) is 11. The number of unbranched alkanes of at least 4 members (excludes halogenated alkanes) is 6. The van der Waals surface area contributed by atoms with Gasteiger partial charge in [0.15, 0.2) is 0 Å². The van der Waals surface area contributed by atoms with Crippen LogP contribution >= 0.6 is 22.6 Å². The Bertz CT molecular complexity index is 1890. The third-order valence-electron chi connectivity index (χ3n) is 10.0. The SMILES string of the molecule is CC(C)(C)OC(=O)NCCCCC(NC(=O)CCCCCCCNC(=O)CCC(NC(=O)NC(CCC(=O)O)C(=O)O)C(=O)O)C(=O)NC(CCCCNC(=O)Cc1ccc(I)cc1)C(=O)C(=O)O. The zero-order chi connectivity index (χ0) is 51.9. The second kappa shape index (κ2) is 33.4. The van der Waals surface area contributed by atoms with Crippen molar-refractivity contribution in [2.75, 3.05) is 19.6 Å². The van der Waals surface area contributed by atoms with Crippen molar-refractivity contribution in [3.05, 3.63) is 33.4 Å². The van der Waals surface area contributed by atoms with Crippen molar-refractivity contribution in [1.82, 2.24) is 37.2 Å². The number of alkyl carbamates (subject to hydrolysis) is 1. The molecule has 1 aromatic carbocycles. The molecule has 0 saturated heterocycles. The van der Waals surface area contributed by atoms with Gasteiger partial charge in [-0.25, -0.2) is 24.0 Å². The molecule has 1 aromatic rings. The number of halogens is 1. The van der Waals surface area contributed by atoms with Gasteiger partial charge in [0.25, 0.3) is 5.78 Å². The fourth-order valence-electron chi connectivity index (χ4n) is 6.43. The Morgan fingerprint density at radius 2 is 1.04 bits per heavy atom. The molecule has 0 fully saturated rings. The highest BCUT2D eigenvalue weighted by molar-refractivity contribution is 14.1. The average molecular weight is 1090 g/mol. The molecule has 0 spiro atoms. The predicted molar refractivity (Wildman–Crippen MR) is 256 cm³/mol. The largest absolute Gasteiger partial charge is 0.481 e. The van der Waals surface area contributed by atoms with Gasteiger partial charge in [0.2, 0.25) is 23.6 Å². The van der Waals surface area contributed by atoms with E-state index in [1.54, 1.807) is 20.8 Å². The second-order valence-corrected chi connectivity index (χ2v) is 18.4. The Balaban J connectivity index is 2.64. The number of aliphatic carboxylic acids is 4. The lowest BCUT2D eigenvalue weighted by Gasteiger charge is -2.22. The first-order valence-electron chi connectivity index (χ1n) is 22.8. The number of carbonyl (C=O) groups excluding carboxylic acids is 7. The fourth-order valence-corrected chi connectivity index (χ4v) is 6.79. The molecule has 0 aliphatic rings. The summed E-state index contributed by atoms with van der Waals surface area (Å²) in [7, 11) is 0. The predicted octanol–water partition coefficient (Wildman–Crippen LogP) is 2.75. The lowest BCUT2D eigenvalue weighted by Crippen LogP contribution is -2.52. The van der Waals surface area contributed by atoms with Gasteiger partial charge in [-0.3, -0.25) is 28.8 Å². The Labute approximate surface area is 414 Å². The van der Waals surface area contributed by atoms with Crippen LogP contribution in [0, 0.1) is 3.57 Å². The third kappa shape index (κ3) is 30.1. The van der Waals surface area contributed by atoms with Gasteiger partial charge in [0.05, 0.1) is 12.5 Å². The molecule has 69 heavy (non-hydrogen) atoms. The summed E-state index contributed by atoms with van der Waals surface area (Å²) in [6, 6.07) is 0.695. The molecule has 1 rings (SSSR count). The highest BCUT2D eigenvalue weighted by Crippen LogP contribution is 2.12. The summed E-state index contributed by atoms with van der Waals surface area (Å²) >= 11 is 2.16. The Morgan fingerprint density at radius 1 is 0.536 bits per heavy atom. The van der Waals surface area contributed by atoms with E-state index in [2.05, 4.69) is 54.5 Å². The molecule has 4 unspecified atom stereocenters. The molecule has 23 nitrogen and oxygen atoms in total. The molecule has 0 saturated carbocycles. The van der Waals surface area contributed by atoms with E-state index in [4.69, 9.17) is 9.84 Å². The molecule has 0 aliphatic carbocycles. The standard InChI is InChI=1S/C45H68IN7O16/c1-45(2,3)69-44(68)49-26-12-9-14-31(39(60)51-30(38(59)42(65)66)13-8-11-25-48-36(56)27-28-16-18-29(46)19-17-28)50-35(55)15-7-5-4-6-10-24-47-34(54)22-20-32(40(61)62)52-43(67)53-33(41(63)64)21-23-37(57)58/h16-19,30-33H,4-15,20-27H2,1-3H3,(H,47,54)(H,48,56)(H,49,68)(H,50,55)(H,51,60)(H,57,58)(H,61,62)(H,63,64)(H,65,66)(H2,52,53,67). The number of rotatable bonds is 35. The number of carboxylic acid groups (broad SMARTS) is 4. The smallest absolute Gasteiger partial charge is 0.407 e. The van der Waals surface area contributed by atoms with Gasteiger partial charge >= 0.3 is 36.0 Å². The summed E-state index contributed by atoms with van der Waals surface area (Å²) in [6.45, 7) is 5.88. The number of Topliss-reactive ketones (excluding diaryl/α,β-unsaturated/α-hetero) is 1. The molecule has 0 aromatic heterocycles.